The fourth-order valence-electron chi connectivity index (χ4n) is 0.741. The Balaban J connectivity index is 2.87. The van der Waals surface area contributed by atoms with Crippen LogP contribution in [0.1, 0.15) is 5.56 Å². The van der Waals surface area contributed by atoms with Gasteiger partial charge in [-0.2, -0.15) is 0 Å². The molecule has 0 saturated heterocycles. The molecule has 0 fully saturated rings. The highest BCUT2D eigenvalue weighted by molar-refractivity contribution is 6.30. The molecule has 0 aromatic heterocycles. The molecule has 55 valence electrons. The molecule has 0 heterocycles. The van der Waals surface area contributed by atoms with Crippen molar-refractivity contribution in [1.29, 1.82) is 0 Å². The van der Waals surface area contributed by atoms with Crippen LogP contribution in [0, 0.1) is 0 Å². The van der Waals surface area contributed by atoms with E-state index in [4.69, 9.17) is 11.6 Å². The maximum absolute atomic E-state index is 9.82. The fourth-order valence-corrected chi connectivity index (χ4v) is 0.939. The van der Waals surface area contributed by atoms with Gasteiger partial charge in [0.2, 0.25) is 6.29 Å². The van der Waals surface area contributed by atoms with E-state index in [2.05, 4.69) is 0 Å². The molecule has 0 aliphatic rings. The van der Waals surface area contributed by atoms with Gasteiger partial charge in [-0.1, -0.05) is 29.8 Å². The fraction of sp³-hybridized carbons (Fsp3) is 0. The van der Waals surface area contributed by atoms with Crippen molar-refractivity contribution in [3.63, 3.8) is 0 Å². The molecular formula is C9H6ClO. The number of benzene rings is 1. The SMILES string of the molecule is O=[C]/C=C/c1cccc(Cl)c1. The van der Waals surface area contributed by atoms with Gasteiger partial charge in [-0.15, -0.1) is 0 Å². The van der Waals surface area contributed by atoms with Crippen molar-refractivity contribution < 1.29 is 4.79 Å². The Hall–Kier alpha value is -1.08. The third kappa shape index (κ3) is 2.56. The summed E-state index contributed by atoms with van der Waals surface area (Å²) in [6, 6.07) is 7.24. The van der Waals surface area contributed by atoms with E-state index in [-0.39, 0.29) is 0 Å². The molecule has 0 N–H and O–H groups in total. The van der Waals surface area contributed by atoms with Crippen LogP contribution < -0.4 is 0 Å². The van der Waals surface area contributed by atoms with E-state index < -0.39 is 0 Å². The van der Waals surface area contributed by atoms with E-state index >= 15 is 0 Å². The third-order valence-corrected chi connectivity index (χ3v) is 1.43. The highest BCUT2D eigenvalue weighted by Crippen LogP contribution is 2.11. The second kappa shape index (κ2) is 3.94. The first-order valence-electron chi connectivity index (χ1n) is 3.13. The van der Waals surface area contributed by atoms with Crippen LogP contribution in [-0.4, -0.2) is 6.29 Å². The Labute approximate surface area is 70.3 Å². The van der Waals surface area contributed by atoms with Gasteiger partial charge in [0.1, 0.15) is 0 Å². The lowest BCUT2D eigenvalue weighted by molar-refractivity contribution is 0.564. The van der Waals surface area contributed by atoms with Gasteiger partial charge in [0.05, 0.1) is 0 Å². The summed E-state index contributed by atoms with van der Waals surface area (Å²) >= 11 is 5.69. The molecule has 1 rings (SSSR count). The summed E-state index contributed by atoms with van der Waals surface area (Å²) in [5.74, 6) is 0. The van der Waals surface area contributed by atoms with Gasteiger partial charge in [-0.3, -0.25) is 4.79 Å². The zero-order valence-corrected chi connectivity index (χ0v) is 6.51. The largest absolute Gasteiger partial charge is 0.286 e. The van der Waals surface area contributed by atoms with Gasteiger partial charge >= 0.3 is 0 Å². The van der Waals surface area contributed by atoms with Crippen LogP contribution >= 0.6 is 11.6 Å². The molecule has 0 aliphatic heterocycles. The first kappa shape index (κ1) is 8.02. The van der Waals surface area contributed by atoms with Crippen molar-refractivity contribution in [2.24, 2.45) is 0 Å². The van der Waals surface area contributed by atoms with E-state index in [1.807, 2.05) is 12.1 Å². The molecule has 0 unspecified atom stereocenters. The van der Waals surface area contributed by atoms with Gasteiger partial charge in [0, 0.05) is 5.02 Å². The van der Waals surface area contributed by atoms with Gasteiger partial charge in [0.15, 0.2) is 0 Å². The molecular weight excluding hydrogens is 160 g/mol. The average Bonchev–Trinajstić information content (AvgIpc) is 2.01. The summed E-state index contributed by atoms with van der Waals surface area (Å²) in [5, 5.41) is 0.665. The molecule has 0 bridgehead atoms. The van der Waals surface area contributed by atoms with Gasteiger partial charge in [-0.25, -0.2) is 0 Å². The number of rotatable bonds is 2. The summed E-state index contributed by atoms with van der Waals surface area (Å²) < 4.78 is 0. The zero-order chi connectivity index (χ0) is 8.10. The van der Waals surface area contributed by atoms with Crippen LogP contribution in [-0.2, 0) is 4.79 Å². The Morgan fingerprint density at radius 1 is 1.45 bits per heavy atom. The topological polar surface area (TPSA) is 17.1 Å². The number of halogens is 1. The van der Waals surface area contributed by atoms with E-state index in [9.17, 15) is 4.79 Å². The maximum atomic E-state index is 9.82. The smallest absolute Gasteiger partial charge is 0.225 e. The van der Waals surface area contributed by atoms with E-state index in [1.165, 1.54) is 6.08 Å². The molecule has 1 radical (unpaired) electrons. The van der Waals surface area contributed by atoms with Crippen molar-refractivity contribution in [3.05, 3.63) is 40.9 Å². The Morgan fingerprint density at radius 2 is 2.27 bits per heavy atom. The Morgan fingerprint density at radius 3 is 2.91 bits per heavy atom. The molecule has 11 heavy (non-hydrogen) atoms. The van der Waals surface area contributed by atoms with Crippen molar-refractivity contribution in [3.8, 4) is 0 Å². The number of allylic oxidation sites excluding steroid dienone is 1. The lowest BCUT2D eigenvalue weighted by Crippen LogP contribution is -1.70. The average molecular weight is 166 g/mol. The van der Waals surface area contributed by atoms with Crippen LogP contribution in [0.25, 0.3) is 6.08 Å². The summed E-state index contributed by atoms with van der Waals surface area (Å²) in [7, 11) is 0. The molecule has 0 spiro atoms. The summed E-state index contributed by atoms with van der Waals surface area (Å²) in [4.78, 5) is 9.82. The summed E-state index contributed by atoms with van der Waals surface area (Å²) in [6.07, 6.45) is 4.62. The monoisotopic (exact) mass is 165 g/mol. The van der Waals surface area contributed by atoms with Crippen LogP contribution in [0.2, 0.25) is 5.02 Å². The van der Waals surface area contributed by atoms with Crippen molar-refractivity contribution in [2.75, 3.05) is 0 Å². The van der Waals surface area contributed by atoms with E-state index in [1.54, 1.807) is 24.5 Å². The zero-order valence-electron chi connectivity index (χ0n) is 5.75. The Kier molecular flexibility index (Phi) is 2.87. The molecule has 2 heteroatoms. The maximum Gasteiger partial charge on any atom is 0.225 e. The van der Waals surface area contributed by atoms with Gasteiger partial charge < -0.3 is 0 Å². The molecule has 1 aromatic rings. The first-order valence-corrected chi connectivity index (χ1v) is 3.50. The number of hydrogen-bond acceptors (Lipinski definition) is 1. The number of carbonyl (C=O) groups excluding carboxylic acids is 1. The second-order valence-electron chi connectivity index (χ2n) is 2.01. The standard InChI is InChI=1S/C9H6ClO/c10-9-5-1-3-8(7-9)4-2-6-11/h1-5,7H/b4-2+. The van der Waals surface area contributed by atoms with E-state index in [0.29, 0.717) is 5.02 Å². The number of hydrogen-bond donors (Lipinski definition) is 0. The molecule has 1 aromatic carbocycles. The first-order chi connectivity index (χ1) is 5.33. The predicted molar refractivity (Wildman–Crippen MR) is 46.2 cm³/mol. The lowest BCUT2D eigenvalue weighted by Gasteiger charge is -1.91. The van der Waals surface area contributed by atoms with Crippen molar-refractivity contribution in [1.82, 2.24) is 0 Å². The molecule has 0 atom stereocenters. The van der Waals surface area contributed by atoms with E-state index in [0.717, 1.165) is 5.56 Å². The quantitative estimate of drug-likeness (QED) is 0.616. The predicted octanol–water partition coefficient (Wildman–Crippen LogP) is 2.46. The highest BCUT2D eigenvalue weighted by Gasteiger charge is 1.87. The van der Waals surface area contributed by atoms with Crippen LogP contribution in [0.15, 0.2) is 30.3 Å². The summed E-state index contributed by atoms with van der Waals surface area (Å²) in [6.45, 7) is 0. The minimum Gasteiger partial charge on any atom is -0.286 e. The third-order valence-electron chi connectivity index (χ3n) is 1.19. The lowest BCUT2D eigenvalue weighted by atomic mass is 10.2. The molecule has 0 saturated carbocycles. The minimum atomic E-state index is 0.665. The van der Waals surface area contributed by atoms with Gasteiger partial charge in [0.25, 0.3) is 0 Å². The highest BCUT2D eigenvalue weighted by atomic mass is 35.5. The van der Waals surface area contributed by atoms with Crippen molar-refractivity contribution in [2.45, 2.75) is 0 Å². The van der Waals surface area contributed by atoms with Crippen LogP contribution in [0.3, 0.4) is 0 Å². The molecule has 1 nitrogen and oxygen atoms in total. The van der Waals surface area contributed by atoms with Crippen LogP contribution in [0.4, 0.5) is 0 Å². The summed E-state index contributed by atoms with van der Waals surface area (Å²) in [5.41, 5.74) is 0.904. The normalized spacial score (nSPS) is 10.3. The molecule has 0 aliphatic carbocycles. The Bertz CT molecular complexity index is 279. The minimum absolute atomic E-state index is 0.665. The van der Waals surface area contributed by atoms with Crippen molar-refractivity contribution >= 4 is 24.0 Å². The second-order valence-corrected chi connectivity index (χ2v) is 2.44. The van der Waals surface area contributed by atoms with Gasteiger partial charge in [-0.05, 0) is 23.8 Å². The molecule has 0 amide bonds. The van der Waals surface area contributed by atoms with Crippen LogP contribution in [0.5, 0.6) is 0 Å².